The maximum Gasteiger partial charge on any atom is 0.264 e. The van der Waals surface area contributed by atoms with E-state index in [1.54, 1.807) is 33.8 Å². The lowest BCUT2D eigenvalue weighted by Crippen LogP contribution is -2.28. The number of hydrogen-bond donors (Lipinski definition) is 1. The Labute approximate surface area is 179 Å². The van der Waals surface area contributed by atoms with Gasteiger partial charge in [0.05, 0.1) is 32.0 Å². The number of para-hydroxylation sites is 1. The second-order valence-electron chi connectivity index (χ2n) is 7.23. The second kappa shape index (κ2) is 8.83. The molecule has 8 nitrogen and oxygen atoms in total. The van der Waals surface area contributed by atoms with Gasteiger partial charge in [-0.3, -0.25) is 14.2 Å². The van der Waals surface area contributed by atoms with Crippen molar-refractivity contribution in [3.8, 4) is 5.75 Å². The van der Waals surface area contributed by atoms with Gasteiger partial charge in [-0.2, -0.15) is 5.10 Å². The molecule has 0 unspecified atom stereocenters. The molecule has 31 heavy (non-hydrogen) atoms. The summed E-state index contributed by atoms with van der Waals surface area (Å²) in [5, 5.41) is 7.59. The van der Waals surface area contributed by atoms with Crippen LogP contribution in [0.15, 0.2) is 65.8 Å². The fourth-order valence-corrected chi connectivity index (χ4v) is 3.48. The number of hydrogen-bond acceptors (Lipinski definition) is 5. The SMILES string of the molecule is COc1ccccc1C(=O)NCCn1ncc2c(=O)n(Cc3cccc(C)c3)cnc21. The smallest absolute Gasteiger partial charge is 0.264 e. The molecule has 0 aliphatic rings. The Balaban J connectivity index is 1.46. The minimum Gasteiger partial charge on any atom is -0.496 e. The van der Waals surface area contributed by atoms with Crippen LogP contribution in [0.4, 0.5) is 0 Å². The minimum atomic E-state index is -0.234. The molecule has 0 saturated carbocycles. The van der Waals surface area contributed by atoms with Crippen molar-refractivity contribution in [1.29, 1.82) is 0 Å². The summed E-state index contributed by atoms with van der Waals surface area (Å²) in [5.74, 6) is 0.280. The molecule has 1 amide bonds. The van der Waals surface area contributed by atoms with E-state index < -0.39 is 0 Å². The quantitative estimate of drug-likeness (QED) is 0.499. The predicted octanol–water partition coefficient (Wildman–Crippen LogP) is 2.39. The van der Waals surface area contributed by atoms with Crippen LogP contribution in [-0.4, -0.2) is 38.9 Å². The Bertz CT molecular complexity index is 1290. The Morgan fingerprint density at radius 1 is 1.16 bits per heavy atom. The van der Waals surface area contributed by atoms with Crippen LogP contribution in [-0.2, 0) is 13.1 Å². The number of nitrogens with one attached hydrogen (secondary N) is 1. The van der Waals surface area contributed by atoms with Crippen molar-refractivity contribution in [2.24, 2.45) is 0 Å². The molecule has 0 aliphatic heterocycles. The molecule has 0 atom stereocenters. The molecular weight excluding hydrogens is 394 g/mol. The van der Waals surface area contributed by atoms with Gasteiger partial charge in [-0.25, -0.2) is 9.67 Å². The molecule has 2 heterocycles. The van der Waals surface area contributed by atoms with Crippen molar-refractivity contribution in [2.45, 2.75) is 20.0 Å². The highest BCUT2D eigenvalue weighted by molar-refractivity contribution is 5.96. The van der Waals surface area contributed by atoms with Crippen molar-refractivity contribution in [2.75, 3.05) is 13.7 Å². The van der Waals surface area contributed by atoms with Crippen LogP contribution < -0.4 is 15.6 Å². The summed E-state index contributed by atoms with van der Waals surface area (Å²) in [7, 11) is 1.53. The fourth-order valence-electron chi connectivity index (χ4n) is 3.48. The van der Waals surface area contributed by atoms with Crippen molar-refractivity contribution < 1.29 is 9.53 Å². The average Bonchev–Trinajstić information content (AvgIpc) is 3.19. The lowest BCUT2D eigenvalue weighted by molar-refractivity contribution is 0.0949. The molecule has 158 valence electrons. The number of rotatable bonds is 7. The topological polar surface area (TPSA) is 91.0 Å². The van der Waals surface area contributed by atoms with Gasteiger partial charge in [0.2, 0.25) is 0 Å². The third-order valence-electron chi connectivity index (χ3n) is 5.02. The van der Waals surface area contributed by atoms with E-state index in [2.05, 4.69) is 15.4 Å². The highest BCUT2D eigenvalue weighted by Crippen LogP contribution is 2.16. The highest BCUT2D eigenvalue weighted by atomic mass is 16.5. The standard InChI is InChI=1S/C23H23N5O3/c1-16-6-5-7-17(12-16)14-27-15-25-21-19(23(27)30)13-26-28(21)11-10-24-22(29)18-8-3-4-9-20(18)31-2/h3-9,12-13,15H,10-11,14H2,1-2H3,(H,24,29). The summed E-state index contributed by atoms with van der Waals surface area (Å²) >= 11 is 0. The lowest BCUT2D eigenvalue weighted by atomic mass is 10.1. The first-order valence-electron chi connectivity index (χ1n) is 9.94. The number of methoxy groups -OCH3 is 1. The Hall–Kier alpha value is -3.94. The molecule has 0 saturated heterocycles. The van der Waals surface area contributed by atoms with E-state index in [0.29, 0.717) is 42.0 Å². The number of benzene rings is 2. The van der Waals surface area contributed by atoms with Crippen LogP contribution in [0.5, 0.6) is 5.75 Å². The number of carbonyl (C=O) groups excluding carboxylic acids is 1. The summed E-state index contributed by atoms with van der Waals surface area (Å²) in [5.41, 5.74) is 3.00. The van der Waals surface area contributed by atoms with Crippen LogP contribution in [0.3, 0.4) is 0 Å². The van der Waals surface area contributed by atoms with Gasteiger partial charge in [-0.15, -0.1) is 0 Å². The van der Waals surface area contributed by atoms with Gasteiger partial charge >= 0.3 is 0 Å². The molecule has 0 fully saturated rings. The minimum absolute atomic E-state index is 0.143. The summed E-state index contributed by atoms with van der Waals surface area (Å²) < 4.78 is 8.42. The largest absolute Gasteiger partial charge is 0.496 e. The maximum atomic E-state index is 12.9. The van der Waals surface area contributed by atoms with Crippen LogP contribution in [0.2, 0.25) is 0 Å². The van der Waals surface area contributed by atoms with Crippen LogP contribution >= 0.6 is 0 Å². The van der Waals surface area contributed by atoms with Gasteiger partial charge < -0.3 is 10.1 Å². The fraction of sp³-hybridized carbons (Fsp3) is 0.217. The van der Waals surface area contributed by atoms with Crippen LogP contribution in [0.25, 0.3) is 11.0 Å². The first kappa shape index (κ1) is 20.3. The van der Waals surface area contributed by atoms with E-state index in [4.69, 9.17) is 4.74 Å². The zero-order valence-corrected chi connectivity index (χ0v) is 17.4. The van der Waals surface area contributed by atoms with Gasteiger partial charge in [0.15, 0.2) is 5.65 Å². The Kier molecular flexibility index (Phi) is 5.79. The van der Waals surface area contributed by atoms with Gasteiger partial charge in [-0.05, 0) is 24.6 Å². The van der Waals surface area contributed by atoms with E-state index in [0.717, 1.165) is 11.1 Å². The molecule has 0 bridgehead atoms. The molecule has 2 aromatic carbocycles. The van der Waals surface area contributed by atoms with Crippen LogP contribution in [0.1, 0.15) is 21.5 Å². The third-order valence-corrected chi connectivity index (χ3v) is 5.02. The number of ether oxygens (including phenoxy) is 1. The molecule has 0 radical (unpaired) electrons. The van der Waals surface area contributed by atoms with Gasteiger partial charge in [0.25, 0.3) is 11.5 Å². The summed E-state index contributed by atoms with van der Waals surface area (Å²) in [6.07, 6.45) is 3.07. The summed E-state index contributed by atoms with van der Waals surface area (Å²) in [4.78, 5) is 29.7. The first-order valence-corrected chi connectivity index (χ1v) is 9.94. The van der Waals surface area contributed by atoms with Crippen molar-refractivity contribution >= 4 is 16.9 Å². The number of amides is 1. The normalized spacial score (nSPS) is 10.9. The molecule has 4 rings (SSSR count). The van der Waals surface area contributed by atoms with Crippen molar-refractivity contribution in [3.05, 3.63) is 88.1 Å². The number of aromatic nitrogens is 4. The van der Waals surface area contributed by atoms with E-state index in [1.807, 2.05) is 37.3 Å². The third kappa shape index (κ3) is 4.32. The molecule has 2 aromatic heterocycles. The first-order chi connectivity index (χ1) is 15.1. The van der Waals surface area contributed by atoms with Gasteiger partial charge in [-0.1, -0.05) is 42.0 Å². The number of nitrogens with zero attached hydrogens (tertiary/aromatic N) is 4. The summed E-state index contributed by atoms with van der Waals surface area (Å²) in [6, 6.07) is 15.1. The summed E-state index contributed by atoms with van der Waals surface area (Å²) in [6.45, 7) is 3.19. The molecular formula is C23H23N5O3. The van der Waals surface area contributed by atoms with Crippen molar-refractivity contribution in [3.63, 3.8) is 0 Å². The van der Waals surface area contributed by atoms with E-state index >= 15 is 0 Å². The maximum absolute atomic E-state index is 12.9. The average molecular weight is 417 g/mol. The Morgan fingerprint density at radius 3 is 2.81 bits per heavy atom. The van der Waals surface area contributed by atoms with E-state index in [9.17, 15) is 9.59 Å². The predicted molar refractivity (Wildman–Crippen MR) is 117 cm³/mol. The van der Waals surface area contributed by atoms with Gasteiger partial charge in [0, 0.05) is 6.54 Å². The zero-order chi connectivity index (χ0) is 21.8. The number of carbonyl (C=O) groups is 1. The molecule has 1 N–H and O–H groups in total. The Morgan fingerprint density at radius 2 is 2.00 bits per heavy atom. The monoisotopic (exact) mass is 417 g/mol. The molecule has 0 spiro atoms. The molecule has 4 aromatic rings. The zero-order valence-electron chi connectivity index (χ0n) is 17.4. The van der Waals surface area contributed by atoms with Crippen molar-refractivity contribution in [1.82, 2.24) is 24.6 Å². The van der Waals surface area contributed by atoms with Gasteiger partial charge in [0.1, 0.15) is 17.5 Å². The number of aryl methyl sites for hydroxylation is 1. The molecule has 0 aliphatic carbocycles. The second-order valence-corrected chi connectivity index (χ2v) is 7.23. The van der Waals surface area contributed by atoms with E-state index in [1.165, 1.54) is 13.3 Å². The lowest BCUT2D eigenvalue weighted by Gasteiger charge is -2.10. The van der Waals surface area contributed by atoms with E-state index in [-0.39, 0.29) is 11.5 Å². The highest BCUT2D eigenvalue weighted by Gasteiger charge is 2.13. The van der Waals surface area contributed by atoms with Crippen LogP contribution in [0, 0.1) is 6.92 Å². The number of fused-ring (bicyclic) bond motifs is 1. The molecule has 8 heteroatoms.